The largest absolute Gasteiger partial charge is 0.381 e. The van der Waals surface area contributed by atoms with Gasteiger partial charge in [-0.15, -0.1) is 5.10 Å². The van der Waals surface area contributed by atoms with Gasteiger partial charge in [0.05, 0.1) is 11.9 Å². The molecule has 0 bridgehead atoms. The molecule has 0 saturated carbocycles. The molecule has 132 valence electrons. The number of fused-ring (bicyclic) bond motifs is 1. The lowest BCUT2D eigenvalue weighted by atomic mass is 9.98. The first kappa shape index (κ1) is 16.8. The third-order valence-corrected chi connectivity index (χ3v) is 5.85. The second kappa shape index (κ2) is 7.32. The van der Waals surface area contributed by atoms with Crippen molar-refractivity contribution in [3.05, 3.63) is 35.5 Å². The number of anilines is 1. The van der Waals surface area contributed by atoms with Crippen molar-refractivity contribution < 1.29 is 4.74 Å². The number of benzene rings is 1. The minimum atomic E-state index is 0.678. The van der Waals surface area contributed by atoms with Gasteiger partial charge >= 0.3 is 0 Å². The Hall–Kier alpha value is -1.63. The molecule has 3 aromatic rings. The lowest BCUT2D eigenvalue weighted by Gasteiger charge is -2.31. The molecule has 0 radical (unpaired) electrons. The maximum atomic E-state index is 5.95. The number of nitrogens with zero attached hydrogens (tertiary/aromatic N) is 4. The molecule has 4 rings (SSSR count). The average molecular weight is 377 g/mol. The van der Waals surface area contributed by atoms with Gasteiger partial charge in [-0.25, -0.2) is 9.50 Å². The molecule has 1 aliphatic heterocycles. The van der Waals surface area contributed by atoms with Crippen molar-refractivity contribution in [1.82, 2.24) is 14.6 Å². The number of piperidine rings is 1. The lowest BCUT2D eigenvalue weighted by molar-refractivity contribution is 0.100. The summed E-state index contributed by atoms with van der Waals surface area (Å²) in [7, 11) is 0. The predicted molar refractivity (Wildman–Crippen MR) is 103 cm³/mol. The molecule has 0 aliphatic carbocycles. The Balaban J connectivity index is 1.46. The van der Waals surface area contributed by atoms with E-state index in [1.165, 1.54) is 0 Å². The Morgan fingerprint density at radius 2 is 2.00 bits per heavy atom. The van der Waals surface area contributed by atoms with E-state index in [0.29, 0.717) is 5.92 Å². The van der Waals surface area contributed by atoms with Crippen molar-refractivity contribution in [1.29, 1.82) is 0 Å². The summed E-state index contributed by atoms with van der Waals surface area (Å²) in [6.07, 6.45) is 4.32. The molecule has 0 unspecified atom stereocenters. The predicted octanol–water partition coefficient (Wildman–Crippen LogP) is 4.36. The second-order valence-electron chi connectivity index (χ2n) is 6.33. The van der Waals surface area contributed by atoms with Gasteiger partial charge in [-0.05, 0) is 37.8 Å². The van der Waals surface area contributed by atoms with Gasteiger partial charge in [0.1, 0.15) is 0 Å². The van der Waals surface area contributed by atoms with E-state index in [2.05, 4.69) is 11.8 Å². The maximum absolute atomic E-state index is 5.95. The molecule has 7 heteroatoms. The van der Waals surface area contributed by atoms with E-state index >= 15 is 0 Å². The summed E-state index contributed by atoms with van der Waals surface area (Å²) in [5, 5.41) is 6.52. The fourth-order valence-corrected chi connectivity index (χ4v) is 4.21. The zero-order valence-corrected chi connectivity index (χ0v) is 15.8. The Morgan fingerprint density at radius 3 is 2.68 bits per heavy atom. The molecule has 0 spiro atoms. The Morgan fingerprint density at radius 1 is 1.24 bits per heavy atom. The van der Waals surface area contributed by atoms with E-state index in [9.17, 15) is 0 Å². The maximum Gasteiger partial charge on any atom is 0.214 e. The molecule has 1 fully saturated rings. The molecular formula is C18H21ClN4OS. The van der Waals surface area contributed by atoms with Crippen molar-refractivity contribution in [2.24, 2.45) is 5.92 Å². The normalized spacial score (nSPS) is 16.0. The average Bonchev–Trinajstić information content (AvgIpc) is 3.20. The minimum Gasteiger partial charge on any atom is -0.381 e. The number of halogens is 1. The number of hydrogen-bond donors (Lipinski definition) is 0. The van der Waals surface area contributed by atoms with Crippen LogP contribution in [0.25, 0.3) is 16.2 Å². The SMILES string of the molecule is CCOCC1CCN(c2nn3cc(-c4ccc(Cl)cc4)nc3s2)CC1. The first-order valence-electron chi connectivity index (χ1n) is 8.68. The van der Waals surface area contributed by atoms with E-state index in [0.717, 1.165) is 65.5 Å². The van der Waals surface area contributed by atoms with Gasteiger partial charge in [0.15, 0.2) is 0 Å². The number of aromatic nitrogens is 3. The van der Waals surface area contributed by atoms with Crippen LogP contribution >= 0.6 is 22.9 Å². The van der Waals surface area contributed by atoms with Crippen LogP contribution in [-0.2, 0) is 4.74 Å². The monoisotopic (exact) mass is 376 g/mol. The van der Waals surface area contributed by atoms with Crippen molar-refractivity contribution >= 4 is 33.0 Å². The van der Waals surface area contributed by atoms with Gasteiger partial charge in [-0.1, -0.05) is 35.1 Å². The molecule has 5 nitrogen and oxygen atoms in total. The highest BCUT2D eigenvalue weighted by Gasteiger charge is 2.22. The smallest absolute Gasteiger partial charge is 0.214 e. The van der Waals surface area contributed by atoms with Crippen LogP contribution in [0, 0.1) is 5.92 Å². The van der Waals surface area contributed by atoms with Gasteiger partial charge in [0, 0.05) is 36.9 Å². The molecule has 0 atom stereocenters. The Labute approximate surface area is 156 Å². The second-order valence-corrected chi connectivity index (χ2v) is 7.71. The molecule has 3 heterocycles. The zero-order valence-electron chi connectivity index (χ0n) is 14.2. The van der Waals surface area contributed by atoms with Crippen LogP contribution in [0.5, 0.6) is 0 Å². The first-order chi connectivity index (χ1) is 12.2. The third kappa shape index (κ3) is 3.66. The van der Waals surface area contributed by atoms with Crippen LogP contribution < -0.4 is 4.90 Å². The molecular weight excluding hydrogens is 356 g/mol. The van der Waals surface area contributed by atoms with Crippen LogP contribution in [0.15, 0.2) is 30.5 Å². The van der Waals surface area contributed by atoms with Crippen molar-refractivity contribution in [2.45, 2.75) is 19.8 Å². The van der Waals surface area contributed by atoms with Crippen molar-refractivity contribution in [3.63, 3.8) is 0 Å². The summed E-state index contributed by atoms with van der Waals surface area (Å²) in [4.78, 5) is 8.00. The number of hydrogen-bond acceptors (Lipinski definition) is 5. The lowest BCUT2D eigenvalue weighted by Crippen LogP contribution is -2.35. The highest BCUT2D eigenvalue weighted by atomic mass is 35.5. The summed E-state index contributed by atoms with van der Waals surface area (Å²) in [5.74, 6) is 0.678. The van der Waals surface area contributed by atoms with Gasteiger partial charge < -0.3 is 9.64 Å². The van der Waals surface area contributed by atoms with E-state index in [1.54, 1.807) is 11.3 Å². The molecule has 0 amide bonds. The van der Waals surface area contributed by atoms with Crippen LogP contribution in [0.2, 0.25) is 5.02 Å². The quantitative estimate of drug-likeness (QED) is 0.663. The molecule has 1 aromatic carbocycles. The number of rotatable bonds is 5. The first-order valence-corrected chi connectivity index (χ1v) is 9.87. The van der Waals surface area contributed by atoms with Crippen LogP contribution in [0.3, 0.4) is 0 Å². The van der Waals surface area contributed by atoms with Crippen LogP contribution in [0.4, 0.5) is 5.13 Å². The van der Waals surface area contributed by atoms with Gasteiger partial charge in [-0.2, -0.15) is 0 Å². The zero-order chi connectivity index (χ0) is 17.2. The van der Waals surface area contributed by atoms with Crippen LogP contribution in [0.1, 0.15) is 19.8 Å². The summed E-state index contributed by atoms with van der Waals surface area (Å²) in [6, 6.07) is 7.74. The summed E-state index contributed by atoms with van der Waals surface area (Å²) in [5.41, 5.74) is 1.98. The van der Waals surface area contributed by atoms with Gasteiger partial charge in [0.2, 0.25) is 10.1 Å². The molecule has 0 N–H and O–H groups in total. The summed E-state index contributed by atoms with van der Waals surface area (Å²) < 4.78 is 7.44. The van der Waals surface area contributed by atoms with E-state index in [1.807, 2.05) is 35.0 Å². The molecule has 1 saturated heterocycles. The Kier molecular flexibility index (Phi) is 4.92. The highest BCUT2D eigenvalue weighted by Crippen LogP contribution is 2.30. The number of ether oxygens (including phenoxy) is 1. The Bertz CT molecular complexity index is 805. The van der Waals surface area contributed by atoms with Gasteiger partial charge in [0.25, 0.3) is 0 Å². The summed E-state index contributed by atoms with van der Waals surface area (Å²) in [6.45, 7) is 5.82. The fourth-order valence-electron chi connectivity index (χ4n) is 3.15. The van der Waals surface area contributed by atoms with Crippen LogP contribution in [-0.4, -0.2) is 40.9 Å². The van der Waals surface area contributed by atoms with Crippen molar-refractivity contribution in [3.8, 4) is 11.3 Å². The number of imidazole rings is 1. The topological polar surface area (TPSA) is 42.7 Å². The summed E-state index contributed by atoms with van der Waals surface area (Å²) >= 11 is 7.60. The van der Waals surface area contributed by atoms with E-state index in [-0.39, 0.29) is 0 Å². The molecule has 2 aromatic heterocycles. The van der Waals surface area contributed by atoms with Crippen molar-refractivity contribution in [2.75, 3.05) is 31.2 Å². The minimum absolute atomic E-state index is 0.678. The standard InChI is InChI=1S/C18H21ClN4OS/c1-2-24-12-13-7-9-22(10-8-13)18-21-23-11-16(20-17(23)25-18)14-3-5-15(19)6-4-14/h3-6,11,13H,2,7-10,12H2,1H3. The molecule has 25 heavy (non-hydrogen) atoms. The van der Waals surface area contributed by atoms with E-state index < -0.39 is 0 Å². The van der Waals surface area contributed by atoms with Gasteiger partial charge in [-0.3, -0.25) is 0 Å². The highest BCUT2D eigenvalue weighted by molar-refractivity contribution is 7.20. The molecule has 1 aliphatic rings. The van der Waals surface area contributed by atoms with E-state index in [4.69, 9.17) is 26.4 Å². The fraction of sp³-hybridized carbons (Fsp3) is 0.444. The third-order valence-electron chi connectivity index (χ3n) is 4.62.